The summed E-state index contributed by atoms with van der Waals surface area (Å²) in [6.45, 7) is 8.86. The van der Waals surface area contributed by atoms with Crippen molar-refractivity contribution in [3.05, 3.63) is 30.2 Å². The van der Waals surface area contributed by atoms with Gasteiger partial charge in [0.2, 0.25) is 17.6 Å². The smallest absolute Gasteiger partial charge is 0.410 e. The summed E-state index contributed by atoms with van der Waals surface area (Å²) in [5.74, 6) is 1.67. The van der Waals surface area contributed by atoms with Gasteiger partial charge in [0.1, 0.15) is 11.4 Å². The van der Waals surface area contributed by atoms with Crippen LogP contribution in [0, 0.1) is 0 Å². The number of nitrogens with zero attached hydrogens (tertiary/aromatic N) is 3. The molecule has 0 radical (unpaired) electrons. The molecule has 0 bridgehead atoms. The summed E-state index contributed by atoms with van der Waals surface area (Å²) in [5.41, 5.74) is 0.286. The van der Waals surface area contributed by atoms with Gasteiger partial charge in [0, 0.05) is 38.0 Å². The number of benzene rings is 1. The summed E-state index contributed by atoms with van der Waals surface area (Å²) in [4.78, 5) is 30.4. The van der Waals surface area contributed by atoms with E-state index in [2.05, 4.69) is 15.5 Å². The fourth-order valence-electron chi connectivity index (χ4n) is 2.92. The molecule has 9 heteroatoms. The van der Waals surface area contributed by atoms with Crippen LogP contribution in [0.1, 0.15) is 52.8 Å². The van der Waals surface area contributed by atoms with E-state index >= 15 is 0 Å². The molecule has 1 aromatic carbocycles. The number of hydrogen-bond acceptors (Lipinski definition) is 7. The number of hydrogen-bond donors (Lipinski definition) is 1. The van der Waals surface area contributed by atoms with E-state index in [-0.39, 0.29) is 12.0 Å². The normalized spacial score (nSPS) is 11.2. The minimum Gasteiger partial charge on any atom is -0.497 e. The van der Waals surface area contributed by atoms with E-state index in [4.69, 9.17) is 14.0 Å². The van der Waals surface area contributed by atoms with Crippen molar-refractivity contribution in [1.82, 2.24) is 20.4 Å². The Kier molecular flexibility index (Phi) is 9.49. The number of amides is 2. The second-order valence-corrected chi connectivity index (χ2v) is 8.41. The third kappa shape index (κ3) is 8.56. The first kappa shape index (κ1) is 25.2. The fraction of sp³-hybridized carbons (Fsp3) is 0.565. The first-order valence-corrected chi connectivity index (χ1v) is 10.9. The average molecular weight is 447 g/mol. The second-order valence-electron chi connectivity index (χ2n) is 8.41. The van der Waals surface area contributed by atoms with E-state index in [1.807, 2.05) is 52.0 Å². The zero-order valence-corrected chi connectivity index (χ0v) is 19.6. The molecule has 2 rings (SSSR count). The van der Waals surface area contributed by atoms with Crippen LogP contribution in [0.2, 0.25) is 0 Å². The van der Waals surface area contributed by atoms with Crippen molar-refractivity contribution in [1.29, 1.82) is 0 Å². The molecule has 1 N–H and O–H groups in total. The Morgan fingerprint density at radius 3 is 2.50 bits per heavy atom. The highest BCUT2D eigenvalue weighted by Gasteiger charge is 2.21. The van der Waals surface area contributed by atoms with Crippen LogP contribution in [-0.2, 0) is 16.0 Å². The molecule has 2 aromatic rings. The van der Waals surface area contributed by atoms with Gasteiger partial charge in [0.25, 0.3) is 0 Å². The van der Waals surface area contributed by atoms with E-state index in [9.17, 15) is 9.59 Å². The highest BCUT2D eigenvalue weighted by Crippen LogP contribution is 2.20. The van der Waals surface area contributed by atoms with Crippen LogP contribution in [0.3, 0.4) is 0 Å². The molecule has 0 atom stereocenters. The van der Waals surface area contributed by atoms with Gasteiger partial charge < -0.3 is 24.2 Å². The molecule has 1 aromatic heterocycles. The van der Waals surface area contributed by atoms with Crippen LogP contribution in [0.4, 0.5) is 4.79 Å². The van der Waals surface area contributed by atoms with Crippen LogP contribution in [0.25, 0.3) is 11.4 Å². The van der Waals surface area contributed by atoms with Crippen molar-refractivity contribution in [2.24, 2.45) is 0 Å². The summed E-state index contributed by atoms with van der Waals surface area (Å²) >= 11 is 0. The third-order valence-corrected chi connectivity index (χ3v) is 4.46. The molecule has 0 saturated heterocycles. The summed E-state index contributed by atoms with van der Waals surface area (Å²) in [6, 6.07) is 7.39. The summed E-state index contributed by atoms with van der Waals surface area (Å²) in [5, 5.41) is 6.84. The molecule has 0 aliphatic rings. The SMILES string of the molecule is CCCN(CCNC(=O)CCCc1nc(-c2ccc(OC)cc2)no1)C(=O)OC(C)(C)C. The van der Waals surface area contributed by atoms with Crippen molar-refractivity contribution in [3.63, 3.8) is 0 Å². The highest BCUT2D eigenvalue weighted by molar-refractivity contribution is 5.76. The Labute approximate surface area is 189 Å². The Bertz CT molecular complexity index is 858. The molecule has 9 nitrogen and oxygen atoms in total. The van der Waals surface area contributed by atoms with E-state index in [1.54, 1.807) is 12.0 Å². The highest BCUT2D eigenvalue weighted by atomic mass is 16.6. The number of aromatic nitrogens is 2. The van der Waals surface area contributed by atoms with Crippen molar-refractivity contribution in [2.75, 3.05) is 26.7 Å². The predicted octanol–water partition coefficient (Wildman–Crippen LogP) is 3.83. The van der Waals surface area contributed by atoms with Gasteiger partial charge >= 0.3 is 6.09 Å². The summed E-state index contributed by atoms with van der Waals surface area (Å²) in [6.07, 6.45) is 1.88. The average Bonchev–Trinajstić information content (AvgIpc) is 3.21. The van der Waals surface area contributed by atoms with Gasteiger partial charge in [-0.1, -0.05) is 12.1 Å². The Balaban J connectivity index is 1.71. The van der Waals surface area contributed by atoms with Gasteiger partial charge in [-0.2, -0.15) is 4.98 Å². The van der Waals surface area contributed by atoms with Crippen LogP contribution in [0.5, 0.6) is 5.75 Å². The number of carbonyl (C=O) groups excluding carboxylic acids is 2. The van der Waals surface area contributed by atoms with Crippen LogP contribution >= 0.6 is 0 Å². The fourth-order valence-corrected chi connectivity index (χ4v) is 2.92. The first-order valence-electron chi connectivity index (χ1n) is 10.9. The van der Waals surface area contributed by atoms with E-state index < -0.39 is 5.60 Å². The molecule has 1 heterocycles. The van der Waals surface area contributed by atoms with Gasteiger partial charge in [-0.15, -0.1) is 0 Å². The van der Waals surface area contributed by atoms with Crippen molar-refractivity contribution in [3.8, 4) is 17.1 Å². The maximum absolute atomic E-state index is 12.3. The molecule has 0 unspecified atom stereocenters. The standard InChI is InChI=1S/C23H34N4O5/c1-6-15-27(22(29)31-23(2,3)4)16-14-24-19(28)8-7-9-20-25-21(26-32-20)17-10-12-18(30-5)13-11-17/h10-13H,6-9,14-16H2,1-5H3,(H,24,28). The van der Waals surface area contributed by atoms with Gasteiger partial charge in [-0.25, -0.2) is 4.79 Å². The van der Waals surface area contributed by atoms with Gasteiger partial charge in [-0.3, -0.25) is 4.79 Å². The quantitative estimate of drug-likeness (QED) is 0.559. The minimum absolute atomic E-state index is 0.0828. The Morgan fingerprint density at radius 1 is 1.16 bits per heavy atom. The number of nitrogens with one attached hydrogen (secondary N) is 1. The summed E-state index contributed by atoms with van der Waals surface area (Å²) < 4.78 is 15.8. The van der Waals surface area contributed by atoms with E-state index in [0.717, 1.165) is 17.7 Å². The largest absolute Gasteiger partial charge is 0.497 e. The van der Waals surface area contributed by atoms with Crippen molar-refractivity contribution in [2.45, 2.75) is 59.0 Å². The third-order valence-electron chi connectivity index (χ3n) is 4.46. The van der Waals surface area contributed by atoms with Gasteiger partial charge in [-0.05, 0) is 57.9 Å². The lowest BCUT2D eigenvalue weighted by molar-refractivity contribution is -0.121. The number of rotatable bonds is 11. The molecular formula is C23H34N4O5. The molecule has 0 aliphatic heterocycles. The monoisotopic (exact) mass is 446 g/mol. The molecule has 176 valence electrons. The first-order chi connectivity index (χ1) is 15.2. The lowest BCUT2D eigenvalue weighted by atomic mass is 10.2. The lowest BCUT2D eigenvalue weighted by Gasteiger charge is -2.27. The summed E-state index contributed by atoms with van der Waals surface area (Å²) in [7, 11) is 1.61. The molecule has 0 fully saturated rings. The molecular weight excluding hydrogens is 412 g/mol. The van der Waals surface area contributed by atoms with E-state index in [0.29, 0.717) is 50.6 Å². The molecule has 32 heavy (non-hydrogen) atoms. The van der Waals surface area contributed by atoms with E-state index in [1.165, 1.54) is 0 Å². The van der Waals surface area contributed by atoms with Crippen molar-refractivity contribution < 1.29 is 23.6 Å². The van der Waals surface area contributed by atoms with Crippen LogP contribution < -0.4 is 10.1 Å². The number of aryl methyl sites for hydroxylation is 1. The van der Waals surface area contributed by atoms with Crippen LogP contribution in [0.15, 0.2) is 28.8 Å². The van der Waals surface area contributed by atoms with Gasteiger partial charge in [0.15, 0.2) is 0 Å². The zero-order chi connectivity index (χ0) is 23.6. The maximum atomic E-state index is 12.3. The van der Waals surface area contributed by atoms with Crippen molar-refractivity contribution >= 4 is 12.0 Å². The molecule has 0 aliphatic carbocycles. The molecule has 0 spiro atoms. The number of ether oxygens (including phenoxy) is 2. The minimum atomic E-state index is -0.547. The Hall–Kier alpha value is -3.10. The lowest BCUT2D eigenvalue weighted by Crippen LogP contribution is -2.41. The number of methoxy groups -OCH3 is 1. The topological polar surface area (TPSA) is 107 Å². The maximum Gasteiger partial charge on any atom is 0.410 e. The molecule has 0 saturated carbocycles. The molecule has 2 amide bonds. The van der Waals surface area contributed by atoms with Crippen LogP contribution in [-0.4, -0.2) is 59.4 Å². The van der Waals surface area contributed by atoms with Gasteiger partial charge in [0.05, 0.1) is 7.11 Å². The zero-order valence-electron chi connectivity index (χ0n) is 19.6. The predicted molar refractivity (Wildman–Crippen MR) is 120 cm³/mol. The second kappa shape index (κ2) is 12.1. The Morgan fingerprint density at radius 2 is 1.88 bits per heavy atom. The number of carbonyl (C=O) groups is 2.